The number of nitrogens with zero attached hydrogens (tertiary/aromatic N) is 1. The molecule has 0 atom stereocenters. The number of nitrogens with one attached hydrogen (secondary N) is 1. The standard InChI is InChI=1S/C20H19FN2O3S/c1-13-18(12-23(2)19(13)14-4-6-15(21)7-5-14)20(24)22-16-8-10-17(11-9-16)27(3,25)26/h4-12H,1-3H3,(H,22,24). The molecule has 0 spiro atoms. The fourth-order valence-electron chi connectivity index (χ4n) is 2.99. The van der Waals surface area contributed by atoms with Crippen molar-refractivity contribution in [3.8, 4) is 11.3 Å². The van der Waals surface area contributed by atoms with E-state index in [4.69, 9.17) is 0 Å². The zero-order valence-corrected chi connectivity index (χ0v) is 16.0. The molecule has 1 heterocycles. The van der Waals surface area contributed by atoms with Gasteiger partial charge in [0.1, 0.15) is 5.82 Å². The van der Waals surface area contributed by atoms with Crippen LogP contribution in [0.5, 0.6) is 0 Å². The van der Waals surface area contributed by atoms with E-state index in [2.05, 4.69) is 5.32 Å². The number of halogens is 1. The molecule has 0 saturated carbocycles. The molecule has 0 unspecified atom stereocenters. The van der Waals surface area contributed by atoms with Gasteiger partial charge >= 0.3 is 0 Å². The Morgan fingerprint density at radius 3 is 2.19 bits per heavy atom. The second-order valence-electron chi connectivity index (χ2n) is 6.38. The third kappa shape index (κ3) is 3.93. The van der Waals surface area contributed by atoms with Gasteiger partial charge in [-0.2, -0.15) is 0 Å². The van der Waals surface area contributed by atoms with E-state index in [1.165, 1.54) is 24.3 Å². The second-order valence-corrected chi connectivity index (χ2v) is 8.40. The molecule has 140 valence electrons. The molecule has 2 aromatic carbocycles. The number of carbonyl (C=O) groups excluding carboxylic acids is 1. The minimum Gasteiger partial charge on any atom is -0.350 e. The van der Waals surface area contributed by atoms with Crippen molar-refractivity contribution in [2.45, 2.75) is 11.8 Å². The molecule has 0 aliphatic rings. The molecule has 1 aromatic heterocycles. The molecule has 0 aliphatic heterocycles. The Kier molecular flexibility index (Phi) is 4.89. The van der Waals surface area contributed by atoms with Gasteiger partial charge in [0.2, 0.25) is 0 Å². The SMILES string of the molecule is Cc1c(C(=O)Nc2ccc(S(C)(=O)=O)cc2)cn(C)c1-c1ccc(F)cc1. The van der Waals surface area contributed by atoms with Crippen LogP contribution in [0.15, 0.2) is 59.6 Å². The number of rotatable bonds is 4. The summed E-state index contributed by atoms with van der Waals surface area (Å²) < 4.78 is 38.0. The number of amides is 1. The van der Waals surface area contributed by atoms with Gasteiger partial charge in [-0.25, -0.2) is 12.8 Å². The third-order valence-electron chi connectivity index (χ3n) is 4.34. The van der Waals surface area contributed by atoms with Gasteiger partial charge in [0.15, 0.2) is 9.84 Å². The second kappa shape index (κ2) is 7.00. The first-order chi connectivity index (χ1) is 12.7. The summed E-state index contributed by atoms with van der Waals surface area (Å²) in [6.07, 6.45) is 2.85. The molecule has 3 aromatic rings. The number of carbonyl (C=O) groups is 1. The first-order valence-electron chi connectivity index (χ1n) is 8.20. The molecular formula is C20H19FN2O3S. The molecule has 5 nitrogen and oxygen atoms in total. The largest absolute Gasteiger partial charge is 0.350 e. The van der Waals surface area contributed by atoms with Crippen LogP contribution in [-0.4, -0.2) is 25.1 Å². The van der Waals surface area contributed by atoms with Gasteiger partial charge in [0.25, 0.3) is 5.91 Å². The zero-order valence-electron chi connectivity index (χ0n) is 15.2. The van der Waals surface area contributed by atoms with Crippen LogP contribution in [0.3, 0.4) is 0 Å². The fraction of sp³-hybridized carbons (Fsp3) is 0.150. The molecule has 0 radical (unpaired) electrons. The smallest absolute Gasteiger partial charge is 0.257 e. The Morgan fingerprint density at radius 2 is 1.63 bits per heavy atom. The van der Waals surface area contributed by atoms with E-state index >= 15 is 0 Å². The molecule has 0 aliphatic carbocycles. The van der Waals surface area contributed by atoms with Gasteiger partial charge in [-0.1, -0.05) is 0 Å². The van der Waals surface area contributed by atoms with Crippen molar-refractivity contribution >= 4 is 21.4 Å². The summed E-state index contributed by atoms with van der Waals surface area (Å²) in [6, 6.07) is 12.1. The fourth-order valence-corrected chi connectivity index (χ4v) is 3.62. The average Bonchev–Trinajstić information content (AvgIpc) is 2.90. The maximum Gasteiger partial charge on any atom is 0.257 e. The van der Waals surface area contributed by atoms with E-state index in [-0.39, 0.29) is 16.6 Å². The molecule has 0 fully saturated rings. The Morgan fingerprint density at radius 1 is 1.04 bits per heavy atom. The van der Waals surface area contributed by atoms with Gasteiger partial charge in [0, 0.05) is 25.2 Å². The quantitative estimate of drug-likeness (QED) is 0.742. The Bertz CT molecular complexity index is 1100. The number of anilines is 1. The lowest BCUT2D eigenvalue weighted by Gasteiger charge is -2.07. The van der Waals surface area contributed by atoms with Crippen LogP contribution in [0.2, 0.25) is 0 Å². The van der Waals surface area contributed by atoms with Gasteiger partial charge < -0.3 is 9.88 Å². The highest BCUT2D eigenvalue weighted by Gasteiger charge is 2.18. The molecular weight excluding hydrogens is 367 g/mol. The number of hydrogen-bond donors (Lipinski definition) is 1. The monoisotopic (exact) mass is 386 g/mol. The van der Waals surface area contributed by atoms with Crippen LogP contribution >= 0.6 is 0 Å². The van der Waals surface area contributed by atoms with Crippen molar-refractivity contribution in [2.75, 3.05) is 11.6 Å². The van der Waals surface area contributed by atoms with Crippen molar-refractivity contribution in [1.29, 1.82) is 0 Å². The Balaban J connectivity index is 1.87. The first-order valence-corrected chi connectivity index (χ1v) is 10.1. The number of aromatic nitrogens is 1. The summed E-state index contributed by atoms with van der Waals surface area (Å²) in [5, 5.41) is 2.77. The summed E-state index contributed by atoms with van der Waals surface area (Å²) in [6.45, 7) is 1.83. The van der Waals surface area contributed by atoms with Crippen LogP contribution in [-0.2, 0) is 16.9 Å². The summed E-state index contributed by atoms with van der Waals surface area (Å²) in [5.41, 5.74) is 3.40. The van der Waals surface area contributed by atoms with Crippen LogP contribution in [0.1, 0.15) is 15.9 Å². The Hall–Kier alpha value is -2.93. The highest BCUT2D eigenvalue weighted by Crippen LogP contribution is 2.28. The highest BCUT2D eigenvalue weighted by molar-refractivity contribution is 7.90. The summed E-state index contributed by atoms with van der Waals surface area (Å²) >= 11 is 0. The molecule has 0 bridgehead atoms. The minimum atomic E-state index is -3.29. The summed E-state index contributed by atoms with van der Waals surface area (Å²) in [5.74, 6) is -0.621. The Labute approximate surface area is 157 Å². The predicted molar refractivity (Wildman–Crippen MR) is 103 cm³/mol. The van der Waals surface area contributed by atoms with Gasteiger partial charge in [0.05, 0.1) is 16.2 Å². The number of hydrogen-bond acceptors (Lipinski definition) is 3. The lowest BCUT2D eigenvalue weighted by molar-refractivity contribution is 0.102. The van der Waals surface area contributed by atoms with E-state index in [0.717, 1.165) is 23.1 Å². The maximum absolute atomic E-state index is 13.2. The average molecular weight is 386 g/mol. The predicted octanol–water partition coefficient (Wildman–Crippen LogP) is 3.80. The van der Waals surface area contributed by atoms with Crippen LogP contribution in [0, 0.1) is 12.7 Å². The molecule has 1 amide bonds. The zero-order chi connectivity index (χ0) is 19.8. The van der Waals surface area contributed by atoms with Crippen molar-refractivity contribution in [2.24, 2.45) is 7.05 Å². The molecule has 0 saturated heterocycles. The van der Waals surface area contributed by atoms with Crippen LogP contribution in [0.4, 0.5) is 10.1 Å². The van der Waals surface area contributed by atoms with Crippen LogP contribution < -0.4 is 5.32 Å². The summed E-state index contributed by atoms with van der Waals surface area (Å²) in [4.78, 5) is 12.9. The van der Waals surface area contributed by atoms with Crippen molar-refractivity contribution < 1.29 is 17.6 Å². The lowest BCUT2D eigenvalue weighted by atomic mass is 10.1. The molecule has 27 heavy (non-hydrogen) atoms. The van der Waals surface area contributed by atoms with E-state index in [9.17, 15) is 17.6 Å². The highest BCUT2D eigenvalue weighted by atomic mass is 32.2. The molecule has 7 heteroatoms. The van der Waals surface area contributed by atoms with E-state index < -0.39 is 9.84 Å². The lowest BCUT2D eigenvalue weighted by Crippen LogP contribution is -2.12. The molecule has 3 rings (SSSR count). The van der Waals surface area contributed by atoms with Gasteiger partial charge in [-0.15, -0.1) is 0 Å². The van der Waals surface area contributed by atoms with E-state index in [1.54, 1.807) is 30.5 Å². The first kappa shape index (κ1) is 18.8. The number of benzene rings is 2. The topological polar surface area (TPSA) is 68.2 Å². The number of sulfone groups is 1. The maximum atomic E-state index is 13.2. The normalized spacial score (nSPS) is 11.4. The van der Waals surface area contributed by atoms with Crippen LogP contribution in [0.25, 0.3) is 11.3 Å². The number of aryl methyl sites for hydroxylation is 1. The third-order valence-corrected chi connectivity index (χ3v) is 5.47. The van der Waals surface area contributed by atoms with Gasteiger partial charge in [-0.05, 0) is 66.6 Å². The van der Waals surface area contributed by atoms with E-state index in [1.807, 2.05) is 18.5 Å². The minimum absolute atomic E-state index is 0.190. The molecule has 1 N–H and O–H groups in total. The van der Waals surface area contributed by atoms with Crippen molar-refractivity contribution in [3.63, 3.8) is 0 Å². The van der Waals surface area contributed by atoms with Crippen molar-refractivity contribution in [1.82, 2.24) is 4.57 Å². The van der Waals surface area contributed by atoms with Crippen molar-refractivity contribution in [3.05, 3.63) is 71.7 Å². The van der Waals surface area contributed by atoms with E-state index in [0.29, 0.717) is 11.3 Å². The summed E-state index contributed by atoms with van der Waals surface area (Å²) in [7, 11) is -1.46. The van der Waals surface area contributed by atoms with Gasteiger partial charge in [-0.3, -0.25) is 4.79 Å².